The maximum Gasteiger partial charge on any atom is 0.0880 e. The van der Waals surface area contributed by atoms with E-state index in [0.717, 1.165) is 19.5 Å². The van der Waals surface area contributed by atoms with Gasteiger partial charge in [0.25, 0.3) is 0 Å². The highest BCUT2D eigenvalue weighted by molar-refractivity contribution is 4.82. The molecule has 102 valence electrons. The Morgan fingerprint density at radius 2 is 2.12 bits per heavy atom. The molecule has 2 unspecified atom stereocenters. The molecule has 1 rings (SSSR count). The lowest BCUT2D eigenvalue weighted by molar-refractivity contribution is -0.0843. The van der Waals surface area contributed by atoms with Crippen molar-refractivity contribution in [2.75, 3.05) is 26.8 Å². The molecule has 0 aromatic heterocycles. The van der Waals surface area contributed by atoms with Gasteiger partial charge in [0.15, 0.2) is 0 Å². The SMILES string of the molecule is COC(C)(C)C(O)CCN1CCCCC1CO. The lowest BCUT2D eigenvalue weighted by Gasteiger charge is -2.36. The normalized spacial score (nSPS) is 24.9. The first-order valence-electron chi connectivity index (χ1n) is 6.59. The maximum atomic E-state index is 10.1. The van der Waals surface area contributed by atoms with Crippen molar-refractivity contribution >= 4 is 0 Å². The van der Waals surface area contributed by atoms with Gasteiger partial charge < -0.3 is 14.9 Å². The van der Waals surface area contributed by atoms with Crippen LogP contribution in [-0.4, -0.2) is 59.7 Å². The minimum Gasteiger partial charge on any atom is -0.395 e. The minimum absolute atomic E-state index is 0.226. The zero-order valence-electron chi connectivity index (χ0n) is 11.4. The van der Waals surface area contributed by atoms with E-state index in [-0.39, 0.29) is 12.6 Å². The standard InChI is InChI=1S/C13H27NO3/c1-13(2,17-3)12(16)7-9-14-8-5-4-6-11(14)10-15/h11-12,15-16H,4-10H2,1-3H3. The molecule has 0 aromatic carbocycles. The first-order chi connectivity index (χ1) is 8.01. The van der Waals surface area contributed by atoms with Crippen LogP contribution in [-0.2, 0) is 4.74 Å². The number of likely N-dealkylation sites (tertiary alicyclic amines) is 1. The molecule has 0 spiro atoms. The molecule has 0 amide bonds. The Kier molecular flexibility index (Phi) is 5.86. The van der Waals surface area contributed by atoms with Gasteiger partial charge >= 0.3 is 0 Å². The van der Waals surface area contributed by atoms with Crippen LogP contribution in [0.4, 0.5) is 0 Å². The highest BCUT2D eigenvalue weighted by Crippen LogP contribution is 2.20. The molecule has 17 heavy (non-hydrogen) atoms. The summed E-state index contributed by atoms with van der Waals surface area (Å²) < 4.78 is 5.27. The van der Waals surface area contributed by atoms with Crippen LogP contribution in [0, 0.1) is 0 Å². The second-order valence-corrected chi connectivity index (χ2v) is 5.48. The Morgan fingerprint density at radius 3 is 2.71 bits per heavy atom. The molecule has 1 saturated heterocycles. The molecule has 0 saturated carbocycles. The van der Waals surface area contributed by atoms with Crippen molar-refractivity contribution in [1.82, 2.24) is 4.90 Å². The largest absolute Gasteiger partial charge is 0.395 e. The molecule has 0 aliphatic carbocycles. The molecule has 1 heterocycles. The Balaban J connectivity index is 2.38. The van der Waals surface area contributed by atoms with Crippen LogP contribution in [0.15, 0.2) is 0 Å². The monoisotopic (exact) mass is 245 g/mol. The van der Waals surface area contributed by atoms with Crippen molar-refractivity contribution in [3.8, 4) is 0 Å². The summed E-state index contributed by atoms with van der Waals surface area (Å²) in [7, 11) is 1.63. The third kappa shape index (κ3) is 4.21. The van der Waals surface area contributed by atoms with E-state index in [0.29, 0.717) is 6.42 Å². The van der Waals surface area contributed by atoms with Gasteiger partial charge in [0, 0.05) is 19.7 Å². The number of hydrogen-bond donors (Lipinski definition) is 2. The topological polar surface area (TPSA) is 52.9 Å². The van der Waals surface area contributed by atoms with E-state index in [1.807, 2.05) is 13.8 Å². The average Bonchev–Trinajstić information content (AvgIpc) is 2.36. The van der Waals surface area contributed by atoms with Gasteiger partial charge in [-0.15, -0.1) is 0 Å². The van der Waals surface area contributed by atoms with Gasteiger partial charge in [-0.3, -0.25) is 4.90 Å². The number of rotatable bonds is 6. The van der Waals surface area contributed by atoms with E-state index < -0.39 is 11.7 Å². The van der Waals surface area contributed by atoms with E-state index in [1.54, 1.807) is 7.11 Å². The molecule has 0 radical (unpaired) electrons. The van der Waals surface area contributed by atoms with Crippen molar-refractivity contribution < 1.29 is 14.9 Å². The van der Waals surface area contributed by atoms with E-state index in [1.165, 1.54) is 12.8 Å². The molecule has 1 aliphatic heterocycles. The van der Waals surface area contributed by atoms with Gasteiger partial charge in [0.1, 0.15) is 0 Å². The number of nitrogens with zero attached hydrogens (tertiary/aromatic N) is 1. The molecule has 1 fully saturated rings. The van der Waals surface area contributed by atoms with E-state index in [4.69, 9.17) is 4.74 Å². The van der Waals surface area contributed by atoms with Gasteiger partial charge in [-0.05, 0) is 39.7 Å². The molecule has 2 N–H and O–H groups in total. The first-order valence-corrected chi connectivity index (χ1v) is 6.59. The zero-order chi connectivity index (χ0) is 12.9. The van der Waals surface area contributed by atoms with Gasteiger partial charge in [0.05, 0.1) is 18.3 Å². The summed E-state index contributed by atoms with van der Waals surface area (Å²) in [5, 5.41) is 19.4. The fraction of sp³-hybridized carbons (Fsp3) is 1.00. The van der Waals surface area contributed by atoms with Crippen molar-refractivity contribution in [1.29, 1.82) is 0 Å². The van der Waals surface area contributed by atoms with Crippen LogP contribution < -0.4 is 0 Å². The molecule has 0 aromatic rings. The van der Waals surface area contributed by atoms with Crippen LogP contribution in [0.1, 0.15) is 39.5 Å². The Morgan fingerprint density at radius 1 is 1.41 bits per heavy atom. The quantitative estimate of drug-likeness (QED) is 0.733. The summed E-state index contributed by atoms with van der Waals surface area (Å²) in [6.07, 6.45) is 3.69. The molecular formula is C13H27NO3. The van der Waals surface area contributed by atoms with Gasteiger partial charge in [-0.2, -0.15) is 0 Å². The fourth-order valence-electron chi connectivity index (χ4n) is 2.33. The average molecular weight is 245 g/mol. The summed E-state index contributed by atoms with van der Waals surface area (Å²) in [6, 6.07) is 0.279. The van der Waals surface area contributed by atoms with E-state index in [2.05, 4.69) is 4.90 Å². The van der Waals surface area contributed by atoms with Crippen LogP contribution in [0.2, 0.25) is 0 Å². The number of piperidine rings is 1. The van der Waals surface area contributed by atoms with Crippen LogP contribution in [0.5, 0.6) is 0 Å². The third-order valence-corrected chi connectivity index (χ3v) is 3.98. The highest BCUT2D eigenvalue weighted by atomic mass is 16.5. The molecule has 0 bridgehead atoms. The Hall–Kier alpha value is -0.160. The van der Waals surface area contributed by atoms with Crippen LogP contribution in [0.25, 0.3) is 0 Å². The van der Waals surface area contributed by atoms with Crippen molar-refractivity contribution in [3.05, 3.63) is 0 Å². The number of hydrogen-bond acceptors (Lipinski definition) is 4. The third-order valence-electron chi connectivity index (χ3n) is 3.98. The van der Waals surface area contributed by atoms with E-state index in [9.17, 15) is 10.2 Å². The predicted molar refractivity (Wildman–Crippen MR) is 68.0 cm³/mol. The van der Waals surface area contributed by atoms with Crippen LogP contribution in [0.3, 0.4) is 0 Å². The molecule has 2 atom stereocenters. The van der Waals surface area contributed by atoms with Crippen LogP contribution >= 0.6 is 0 Å². The Bertz CT molecular complexity index is 221. The van der Waals surface area contributed by atoms with Gasteiger partial charge in [-0.25, -0.2) is 0 Å². The second-order valence-electron chi connectivity index (χ2n) is 5.48. The Labute approximate surface area is 105 Å². The summed E-state index contributed by atoms with van der Waals surface area (Å²) in [5.41, 5.74) is -0.496. The minimum atomic E-state index is -0.496. The molecular weight excluding hydrogens is 218 g/mol. The first kappa shape index (κ1) is 14.9. The number of aliphatic hydroxyl groups excluding tert-OH is 2. The number of methoxy groups -OCH3 is 1. The van der Waals surface area contributed by atoms with Crippen molar-refractivity contribution in [2.45, 2.75) is 57.3 Å². The van der Waals surface area contributed by atoms with E-state index >= 15 is 0 Å². The van der Waals surface area contributed by atoms with Gasteiger partial charge in [-0.1, -0.05) is 6.42 Å². The predicted octanol–water partition coefficient (Wildman–Crippen LogP) is 1.01. The molecule has 4 nitrogen and oxygen atoms in total. The lowest BCUT2D eigenvalue weighted by atomic mass is 9.97. The lowest BCUT2D eigenvalue weighted by Crippen LogP contribution is -2.45. The molecule has 4 heteroatoms. The summed E-state index contributed by atoms with van der Waals surface area (Å²) in [6.45, 7) is 5.89. The molecule has 1 aliphatic rings. The zero-order valence-corrected chi connectivity index (χ0v) is 11.4. The van der Waals surface area contributed by atoms with Crippen molar-refractivity contribution in [2.24, 2.45) is 0 Å². The van der Waals surface area contributed by atoms with Crippen molar-refractivity contribution in [3.63, 3.8) is 0 Å². The highest BCUT2D eigenvalue weighted by Gasteiger charge is 2.29. The number of aliphatic hydroxyl groups is 2. The fourth-order valence-corrected chi connectivity index (χ4v) is 2.33. The summed E-state index contributed by atoms with van der Waals surface area (Å²) >= 11 is 0. The second kappa shape index (κ2) is 6.69. The summed E-state index contributed by atoms with van der Waals surface area (Å²) in [5.74, 6) is 0. The van der Waals surface area contributed by atoms with Gasteiger partial charge in [0.2, 0.25) is 0 Å². The maximum absolute atomic E-state index is 10.1. The number of ether oxygens (including phenoxy) is 1. The smallest absolute Gasteiger partial charge is 0.0880 e. The summed E-state index contributed by atoms with van der Waals surface area (Å²) in [4.78, 5) is 2.29.